The third-order valence-electron chi connectivity index (χ3n) is 7.40. The Morgan fingerprint density at radius 3 is 2.75 bits per heavy atom. The highest BCUT2D eigenvalue weighted by molar-refractivity contribution is 5.87. The summed E-state index contributed by atoms with van der Waals surface area (Å²) in [6, 6.07) is 14.8. The van der Waals surface area contributed by atoms with Crippen LogP contribution in [0.4, 0.5) is 0 Å². The fourth-order valence-corrected chi connectivity index (χ4v) is 5.58. The first kappa shape index (κ1) is 19.5. The first-order chi connectivity index (χ1) is 15.6. The van der Waals surface area contributed by atoms with Crippen LogP contribution in [0.25, 0.3) is 27.7 Å². The van der Waals surface area contributed by atoms with Crippen LogP contribution in [0, 0.1) is 6.92 Å². The van der Waals surface area contributed by atoms with Gasteiger partial charge in [-0.25, -0.2) is 0 Å². The van der Waals surface area contributed by atoms with Crippen molar-refractivity contribution in [2.75, 3.05) is 6.54 Å². The fourth-order valence-electron chi connectivity index (χ4n) is 5.58. The molecule has 2 aliphatic heterocycles. The lowest BCUT2D eigenvalue weighted by atomic mass is 9.91. The first-order valence-corrected chi connectivity index (χ1v) is 11.6. The zero-order valence-corrected chi connectivity index (χ0v) is 18.7. The van der Waals surface area contributed by atoms with E-state index in [2.05, 4.69) is 39.7 Å². The Labute approximate surface area is 187 Å². The van der Waals surface area contributed by atoms with Gasteiger partial charge in [0.25, 0.3) is 5.56 Å². The van der Waals surface area contributed by atoms with Crippen molar-refractivity contribution in [1.82, 2.24) is 19.0 Å². The molecule has 0 amide bonds. The Balaban J connectivity index is 1.40. The molecular formula is C27H28N4O. The molecule has 1 fully saturated rings. The maximum atomic E-state index is 13.0. The van der Waals surface area contributed by atoms with E-state index in [4.69, 9.17) is 0 Å². The minimum Gasteiger partial charge on any atom is -0.347 e. The fraction of sp³-hybridized carbons (Fsp3) is 0.333. The van der Waals surface area contributed by atoms with E-state index in [1.54, 1.807) is 10.6 Å². The maximum Gasteiger partial charge on any atom is 0.255 e. The van der Waals surface area contributed by atoms with E-state index < -0.39 is 0 Å². The standard InChI is InChI=1S/C27H28N4O/c1-18-6-7-20(16-28-18)19-10-12-31(27(32)13-19)22-8-9-23-24-17-30-11-4-3-5-21(30)14-26(24)29(2)25(23)15-22/h6-10,12-13,15-16,21H,3-5,11,14,17H2,1-2H3. The van der Waals surface area contributed by atoms with Crippen molar-refractivity contribution < 1.29 is 0 Å². The molecule has 1 unspecified atom stereocenters. The zero-order valence-electron chi connectivity index (χ0n) is 18.7. The predicted octanol–water partition coefficient (Wildman–Crippen LogP) is 4.61. The number of rotatable bonds is 2. The molecule has 2 aliphatic rings. The third-order valence-corrected chi connectivity index (χ3v) is 7.40. The van der Waals surface area contributed by atoms with Crippen LogP contribution in [0.3, 0.4) is 0 Å². The van der Waals surface area contributed by atoms with Crippen molar-refractivity contribution in [3.8, 4) is 16.8 Å². The summed E-state index contributed by atoms with van der Waals surface area (Å²) in [5, 5.41) is 1.32. The summed E-state index contributed by atoms with van der Waals surface area (Å²) in [5.74, 6) is 0. The molecule has 1 saturated heterocycles. The summed E-state index contributed by atoms with van der Waals surface area (Å²) in [5.41, 5.74) is 7.86. The Hall–Kier alpha value is -3.18. The van der Waals surface area contributed by atoms with Crippen LogP contribution in [0.5, 0.6) is 0 Å². The second kappa shape index (κ2) is 7.45. The molecule has 0 spiro atoms. The number of hydrogen-bond donors (Lipinski definition) is 0. The molecule has 0 bridgehead atoms. The number of nitrogens with zero attached hydrogens (tertiary/aromatic N) is 4. The van der Waals surface area contributed by atoms with Crippen molar-refractivity contribution in [1.29, 1.82) is 0 Å². The minimum atomic E-state index is -0.0291. The Morgan fingerprint density at radius 2 is 1.94 bits per heavy atom. The summed E-state index contributed by atoms with van der Waals surface area (Å²) < 4.78 is 4.09. The van der Waals surface area contributed by atoms with Gasteiger partial charge in [0.15, 0.2) is 0 Å². The monoisotopic (exact) mass is 424 g/mol. The molecule has 3 aromatic heterocycles. The van der Waals surface area contributed by atoms with Crippen molar-refractivity contribution in [3.63, 3.8) is 0 Å². The SMILES string of the molecule is Cc1ccc(-c2ccn(-c3ccc4c5c(n(C)c4c3)CC3CCCCN3C5)c(=O)c2)cn1. The lowest BCUT2D eigenvalue weighted by Crippen LogP contribution is -2.43. The summed E-state index contributed by atoms with van der Waals surface area (Å²) >= 11 is 0. The van der Waals surface area contributed by atoms with Gasteiger partial charge in [0.1, 0.15) is 0 Å². The first-order valence-electron chi connectivity index (χ1n) is 11.6. The summed E-state index contributed by atoms with van der Waals surface area (Å²) in [7, 11) is 2.18. The molecule has 0 aliphatic carbocycles. The molecule has 6 rings (SSSR count). The quantitative estimate of drug-likeness (QED) is 0.472. The van der Waals surface area contributed by atoms with Gasteiger partial charge >= 0.3 is 0 Å². The molecule has 162 valence electrons. The molecule has 0 saturated carbocycles. The van der Waals surface area contributed by atoms with E-state index >= 15 is 0 Å². The highest BCUT2D eigenvalue weighted by Gasteiger charge is 2.31. The van der Waals surface area contributed by atoms with E-state index in [0.717, 1.165) is 35.5 Å². The number of benzene rings is 1. The topological polar surface area (TPSA) is 43.1 Å². The van der Waals surface area contributed by atoms with E-state index in [0.29, 0.717) is 6.04 Å². The van der Waals surface area contributed by atoms with Crippen LogP contribution >= 0.6 is 0 Å². The molecule has 0 N–H and O–H groups in total. The Bertz CT molecular complexity index is 1380. The van der Waals surface area contributed by atoms with Gasteiger partial charge in [0.2, 0.25) is 0 Å². The maximum absolute atomic E-state index is 13.0. The Kier molecular flexibility index (Phi) is 4.54. The number of aryl methyl sites for hydroxylation is 2. The van der Waals surface area contributed by atoms with Gasteiger partial charge in [-0.1, -0.05) is 18.6 Å². The smallest absolute Gasteiger partial charge is 0.255 e. The van der Waals surface area contributed by atoms with Gasteiger partial charge < -0.3 is 4.57 Å². The number of pyridine rings is 2. The van der Waals surface area contributed by atoms with Crippen LogP contribution in [0.2, 0.25) is 0 Å². The highest BCUT2D eigenvalue weighted by Crippen LogP contribution is 2.36. The van der Waals surface area contributed by atoms with Gasteiger partial charge in [0, 0.05) is 66.9 Å². The molecular weight excluding hydrogens is 396 g/mol. The average molecular weight is 425 g/mol. The van der Waals surface area contributed by atoms with Crippen LogP contribution in [-0.2, 0) is 20.0 Å². The minimum absolute atomic E-state index is 0.0291. The van der Waals surface area contributed by atoms with Crippen molar-refractivity contribution in [3.05, 3.63) is 82.2 Å². The summed E-state index contributed by atoms with van der Waals surface area (Å²) in [6.07, 6.45) is 8.81. The van der Waals surface area contributed by atoms with E-state index in [-0.39, 0.29) is 5.56 Å². The summed E-state index contributed by atoms with van der Waals surface area (Å²) in [4.78, 5) is 20.0. The number of piperidine rings is 1. The molecule has 5 heterocycles. The second-order valence-electron chi connectivity index (χ2n) is 9.32. The normalized spacial score (nSPS) is 18.5. The second-order valence-corrected chi connectivity index (χ2v) is 9.32. The lowest BCUT2D eigenvalue weighted by molar-refractivity contribution is 0.126. The molecule has 32 heavy (non-hydrogen) atoms. The van der Waals surface area contributed by atoms with Crippen LogP contribution in [0.1, 0.15) is 36.2 Å². The van der Waals surface area contributed by atoms with E-state index in [1.165, 1.54) is 48.0 Å². The van der Waals surface area contributed by atoms with Gasteiger partial charge in [-0.05, 0) is 61.7 Å². The number of hydrogen-bond acceptors (Lipinski definition) is 3. The van der Waals surface area contributed by atoms with Crippen molar-refractivity contribution >= 4 is 10.9 Å². The van der Waals surface area contributed by atoms with E-state index in [9.17, 15) is 4.79 Å². The molecule has 4 aromatic rings. The van der Waals surface area contributed by atoms with Gasteiger partial charge in [0.05, 0.1) is 11.2 Å². The van der Waals surface area contributed by atoms with Gasteiger partial charge in [-0.2, -0.15) is 0 Å². The number of aromatic nitrogens is 3. The Morgan fingerprint density at radius 1 is 1.03 bits per heavy atom. The van der Waals surface area contributed by atoms with E-state index in [1.807, 2.05) is 37.5 Å². The lowest BCUT2D eigenvalue weighted by Gasteiger charge is -2.39. The molecule has 5 heteroatoms. The van der Waals surface area contributed by atoms with Crippen LogP contribution < -0.4 is 5.56 Å². The molecule has 0 radical (unpaired) electrons. The van der Waals surface area contributed by atoms with Gasteiger partial charge in [-0.15, -0.1) is 0 Å². The third kappa shape index (κ3) is 3.11. The summed E-state index contributed by atoms with van der Waals surface area (Å²) in [6.45, 7) is 4.23. The van der Waals surface area contributed by atoms with Crippen LogP contribution in [-0.4, -0.2) is 31.6 Å². The largest absolute Gasteiger partial charge is 0.347 e. The molecule has 1 atom stereocenters. The number of fused-ring (bicyclic) bond motifs is 4. The van der Waals surface area contributed by atoms with Gasteiger partial charge in [-0.3, -0.25) is 19.2 Å². The molecule has 1 aromatic carbocycles. The van der Waals surface area contributed by atoms with Crippen LogP contribution in [0.15, 0.2) is 59.7 Å². The van der Waals surface area contributed by atoms with Crippen molar-refractivity contribution in [2.45, 2.75) is 45.2 Å². The molecule has 5 nitrogen and oxygen atoms in total. The van der Waals surface area contributed by atoms with Crippen molar-refractivity contribution in [2.24, 2.45) is 7.05 Å². The zero-order chi connectivity index (χ0) is 21.8. The highest BCUT2D eigenvalue weighted by atomic mass is 16.1. The average Bonchev–Trinajstić information content (AvgIpc) is 3.09. The predicted molar refractivity (Wildman–Crippen MR) is 128 cm³/mol.